The zero-order chi connectivity index (χ0) is 15.5. The van der Waals surface area contributed by atoms with Gasteiger partial charge in [0, 0.05) is 0 Å². The van der Waals surface area contributed by atoms with Gasteiger partial charge in [0.1, 0.15) is 5.75 Å². The maximum absolute atomic E-state index is 12.2. The quantitative estimate of drug-likeness (QED) is 0.881. The van der Waals surface area contributed by atoms with Crippen LogP contribution in [0.4, 0.5) is 13.2 Å². The largest absolute Gasteiger partial charge is 0.573 e. The molecule has 0 unspecified atom stereocenters. The van der Waals surface area contributed by atoms with E-state index >= 15 is 0 Å². The Morgan fingerprint density at radius 2 is 2.14 bits per heavy atom. The first-order chi connectivity index (χ1) is 9.90. The van der Waals surface area contributed by atoms with Gasteiger partial charge in [0.05, 0.1) is 16.7 Å². The molecule has 0 saturated carbocycles. The number of hydrogen-bond donors (Lipinski definition) is 1. The highest BCUT2D eigenvalue weighted by Crippen LogP contribution is 2.31. The molecule has 2 rings (SSSR count). The Morgan fingerprint density at radius 3 is 2.76 bits per heavy atom. The zero-order valence-electron chi connectivity index (χ0n) is 10.9. The molecule has 21 heavy (non-hydrogen) atoms. The first kappa shape index (κ1) is 15.7. The SMILES string of the molecule is CCNCc1nnnn1-c1ccc(OC(F)(F)F)c(Br)c1. The predicted molar refractivity (Wildman–Crippen MR) is 70.9 cm³/mol. The summed E-state index contributed by atoms with van der Waals surface area (Å²) in [4.78, 5) is 0. The topological polar surface area (TPSA) is 64.9 Å². The minimum atomic E-state index is -4.74. The van der Waals surface area contributed by atoms with Gasteiger partial charge < -0.3 is 10.1 Å². The number of benzene rings is 1. The molecule has 0 aliphatic rings. The number of nitrogens with zero attached hydrogens (tertiary/aromatic N) is 4. The molecule has 0 spiro atoms. The van der Waals surface area contributed by atoms with Gasteiger partial charge in [-0.1, -0.05) is 6.92 Å². The molecule has 0 radical (unpaired) electrons. The van der Waals surface area contributed by atoms with E-state index in [1.54, 1.807) is 0 Å². The lowest BCUT2D eigenvalue weighted by molar-refractivity contribution is -0.274. The summed E-state index contributed by atoms with van der Waals surface area (Å²) in [7, 11) is 0. The number of ether oxygens (including phenoxy) is 1. The number of aromatic nitrogens is 4. The van der Waals surface area contributed by atoms with E-state index in [4.69, 9.17) is 0 Å². The highest BCUT2D eigenvalue weighted by molar-refractivity contribution is 9.10. The molecule has 1 heterocycles. The summed E-state index contributed by atoms with van der Waals surface area (Å²) >= 11 is 3.04. The molecule has 6 nitrogen and oxygen atoms in total. The molecular weight excluding hydrogens is 355 g/mol. The van der Waals surface area contributed by atoms with E-state index in [1.165, 1.54) is 22.9 Å². The Morgan fingerprint density at radius 1 is 1.38 bits per heavy atom. The van der Waals surface area contributed by atoms with Crippen molar-refractivity contribution in [3.05, 3.63) is 28.5 Å². The van der Waals surface area contributed by atoms with Crippen molar-refractivity contribution in [3.8, 4) is 11.4 Å². The van der Waals surface area contributed by atoms with Gasteiger partial charge in [-0.2, -0.15) is 4.68 Å². The Hall–Kier alpha value is -1.68. The van der Waals surface area contributed by atoms with Crippen molar-refractivity contribution >= 4 is 15.9 Å². The highest BCUT2D eigenvalue weighted by atomic mass is 79.9. The minimum Gasteiger partial charge on any atom is -0.405 e. The van der Waals surface area contributed by atoms with Crippen LogP contribution >= 0.6 is 15.9 Å². The van der Waals surface area contributed by atoms with Gasteiger partial charge in [-0.3, -0.25) is 0 Å². The highest BCUT2D eigenvalue weighted by Gasteiger charge is 2.32. The molecule has 0 atom stereocenters. The van der Waals surface area contributed by atoms with Crippen LogP contribution in [0.15, 0.2) is 22.7 Å². The number of alkyl halides is 3. The lowest BCUT2D eigenvalue weighted by atomic mass is 10.3. The second kappa shape index (κ2) is 6.39. The summed E-state index contributed by atoms with van der Waals surface area (Å²) in [5, 5.41) is 14.3. The summed E-state index contributed by atoms with van der Waals surface area (Å²) < 4.78 is 42.1. The standard InChI is InChI=1S/C11H11BrF3N5O/c1-2-16-6-10-17-18-19-20(10)7-3-4-9(8(12)5-7)21-11(13,14)15/h3-5,16H,2,6H2,1H3. The zero-order valence-corrected chi connectivity index (χ0v) is 12.4. The van der Waals surface area contributed by atoms with Crippen LogP contribution in [0.2, 0.25) is 0 Å². The first-order valence-corrected chi connectivity index (χ1v) is 6.73. The van der Waals surface area contributed by atoms with E-state index in [9.17, 15) is 13.2 Å². The smallest absolute Gasteiger partial charge is 0.405 e. The van der Waals surface area contributed by atoms with Crippen LogP contribution in [0.3, 0.4) is 0 Å². The summed E-state index contributed by atoms with van der Waals surface area (Å²) in [6, 6.07) is 4.09. The normalized spacial score (nSPS) is 11.7. The third-order valence-electron chi connectivity index (χ3n) is 2.45. The molecule has 0 amide bonds. The third kappa shape index (κ3) is 4.14. The van der Waals surface area contributed by atoms with Gasteiger partial charge >= 0.3 is 6.36 Å². The molecular formula is C11H11BrF3N5O. The van der Waals surface area contributed by atoms with Gasteiger partial charge in [-0.05, 0) is 51.1 Å². The summed E-state index contributed by atoms with van der Waals surface area (Å²) in [5.41, 5.74) is 0.523. The van der Waals surface area contributed by atoms with E-state index in [0.717, 1.165) is 6.54 Å². The second-order valence-electron chi connectivity index (χ2n) is 3.95. The molecule has 0 aliphatic heterocycles. The summed E-state index contributed by atoms with van der Waals surface area (Å²) in [6.07, 6.45) is -4.74. The van der Waals surface area contributed by atoms with Gasteiger partial charge in [0.25, 0.3) is 0 Å². The lowest BCUT2D eigenvalue weighted by Gasteiger charge is -2.12. The maximum Gasteiger partial charge on any atom is 0.573 e. The second-order valence-corrected chi connectivity index (χ2v) is 4.80. The number of nitrogens with one attached hydrogen (secondary N) is 1. The first-order valence-electron chi connectivity index (χ1n) is 5.94. The molecule has 0 aliphatic carbocycles. The fraction of sp³-hybridized carbons (Fsp3) is 0.364. The van der Waals surface area contributed by atoms with Crippen LogP contribution in [0.25, 0.3) is 5.69 Å². The van der Waals surface area contributed by atoms with Gasteiger partial charge in [0.15, 0.2) is 5.82 Å². The molecule has 0 fully saturated rings. The van der Waals surface area contributed by atoms with E-state index in [1.807, 2.05) is 6.92 Å². The van der Waals surface area contributed by atoms with E-state index < -0.39 is 6.36 Å². The maximum atomic E-state index is 12.2. The van der Waals surface area contributed by atoms with Crippen LogP contribution in [0.1, 0.15) is 12.7 Å². The van der Waals surface area contributed by atoms with Crippen molar-refractivity contribution in [2.45, 2.75) is 19.8 Å². The average molecular weight is 366 g/mol. The van der Waals surface area contributed by atoms with Crippen molar-refractivity contribution < 1.29 is 17.9 Å². The van der Waals surface area contributed by atoms with Crippen LogP contribution in [-0.4, -0.2) is 33.1 Å². The summed E-state index contributed by atoms with van der Waals surface area (Å²) in [6.45, 7) is 3.13. The molecule has 0 bridgehead atoms. The van der Waals surface area contributed by atoms with Crippen LogP contribution in [0, 0.1) is 0 Å². The van der Waals surface area contributed by atoms with Crippen LogP contribution in [-0.2, 0) is 6.54 Å². The van der Waals surface area contributed by atoms with Crippen molar-refractivity contribution in [1.82, 2.24) is 25.5 Å². The van der Waals surface area contributed by atoms with Crippen molar-refractivity contribution in [3.63, 3.8) is 0 Å². The Bertz CT molecular complexity index is 616. The van der Waals surface area contributed by atoms with Crippen LogP contribution in [0.5, 0.6) is 5.75 Å². The molecule has 2 aromatic rings. The molecule has 114 valence electrons. The molecule has 0 saturated heterocycles. The lowest BCUT2D eigenvalue weighted by Crippen LogP contribution is -2.18. The van der Waals surface area contributed by atoms with Crippen molar-refractivity contribution in [2.24, 2.45) is 0 Å². The molecule has 1 aromatic carbocycles. The summed E-state index contributed by atoms with van der Waals surface area (Å²) in [5.74, 6) is 0.223. The molecule has 10 heteroatoms. The fourth-order valence-electron chi connectivity index (χ4n) is 1.58. The number of tetrazole rings is 1. The van der Waals surface area contributed by atoms with Gasteiger partial charge in [-0.25, -0.2) is 0 Å². The Labute approximate surface area is 126 Å². The van der Waals surface area contributed by atoms with Crippen molar-refractivity contribution in [1.29, 1.82) is 0 Å². The minimum absolute atomic E-state index is 0.155. The Balaban J connectivity index is 2.26. The molecule has 1 N–H and O–H groups in total. The van der Waals surface area contributed by atoms with Gasteiger partial charge in [0.2, 0.25) is 0 Å². The van der Waals surface area contributed by atoms with Gasteiger partial charge in [-0.15, -0.1) is 18.3 Å². The van der Waals surface area contributed by atoms with E-state index in [0.29, 0.717) is 18.1 Å². The average Bonchev–Trinajstić information content (AvgIpc) is 2.85. The van der Waals surface area contributed by atoms with Crippen molar-refractivity contribution in [2.75, 3.05) is 6.54 Å². The van der Waals surface area contributed by atoms with E-state index in [-0.39, 0.29) is 10.2 Å². The Kier molecular flexibility index (Phi) is 4.78. The molecule has 1 aromatic heterocycles. The van der Waals surface area contributed by atoms with Crippen LogP contribution < -0.4 is 10.1 Å². The third-order valence-corrected chi connectivity index (χ3v) is 3.07. The number of hydrogen-bond acceptors (Lipinski definition) is 5. The monoisotopic (exact) mass is 365 g/mol. The fourth-order valence-corrected chi connectivity index (χ4v) is 2.03. The van der Waals surface area contributed by atoms with E-state index in [2.05, 4.69) is 41.5 Å². The number of rotatable bonds is 5. The number of halogens is 4. The predicted octanol–water partition coefficient (Wildman–Crippen LogP) is 2.43.